The van der Waals surface area contributed by atoms with Crippen LogP contribution in [-0.2, 0) is 6.54 Å². The maximum atomic E-state index is 13.0. The van der Waals surface area contributed by atoms with Gasteiger partial charge in [0.15, 0.2) is 0 Å². The third-order valence-corrected chi connectivity index (χ3v) is 2.98. The molecule has 0 saturated carbocycles. The van der Waals surface area contributed by atoms with Crippen molar-refractivity contribution in [1.82, 2.24) is 10.3 Å². The summed E-state index contributed by atoms with van der Waals surface area (Å²) in [5.74, 6) is -2.31. The Balaban J connectivity index is 2.09. The number of amides is 1. The highest BCUT2D eigenvalue weighted by molar-refractivity contribution is 6.32. The van der Waals surface area contributed by atoms with E-state index in [-0.39, 0.29) is 22.8 Å². The van der Waals surface area contributed by atoms with Crippen LogP contribution in [0.3, 0.4) is 0 Å². The van der Waals surface area contributed by atoms with Crippen LogP contribution in [0.2, 0.25) is 5.15 Å². The van der Waals surface area contributed by atoms with Crippen molar-refractivity contribution in [2.24, 2.45) is 0 Å². The number of hydrogen-bond acceptors (Lipinski definition) is 3. The van der Waals surface area contributed by atoms with Crippen LogP contribution in [0.25, 0.3) is 0 Å². The van der Waals surface area contributed by atoms with Crippen LogP contribution in [0.15, 0.2) is 36.5 Å². The zero-order valence-corrected chi connectivity index (χ0v) is 11.4. The smallest absolute Gasteiger partial charge is 0.335 e. The molecule has 0 saturated heterocycles. The number of nitrogens with zero attached hydrogens (tertiary/aromatic N) is 1. The molecule has 0 fully saturated rings. The number of benzene rings is 1. The molecule has 0 bridgehead atoms. The van der Waals surface area contributed by atoms with E-state index in [4.69, 9.17) is 16.7 Å². The minimum absolute atomic E-state index is 0.0777. The number of carboxylic acids is 1. The van der Waals surface area contributed by atoms with Crippen LogP contribution < -0.4 is 5.32 Å². The van der Waals surface area contributed by atoms with Crippen LogP contribution in [0.4, 0.5) is 4.39 Å². The second kappa shape index (κ2) is 6.32. The zero-order chi connectivity index (χ0) is 15.4. The molecule has 0 atom stereocenters. The number of halogens is 2. The fraction of sp³-hybridized carbons (Fsp3) is 0.0714. The maximum Gasteiger partial charge on any atom is 0.335 e. The molecule has 1 aromatic carbocycles. The number of aromatic carboxylic acids is 1. The van der Waals surface area contributed by atoms with Gasteiger partial charge in [0, 0.05) is 6.54 Å². The predicted molar refractivity (Wildman–Crippen MR) is 73.8 cm³/mol. The first kappa shape index (κ1) is 14.9. The summed E-state index contributed by atoms with van der Waals surface area (Å²) in [4.78, 5) is 26.3. The number of hydrogen-bond donors (Lipinski definition) is 2. The summed E-state index contributed by atoms with van der Waals surface area (Å²) in [6.45, 7) is 0.0901. The van der Waals surface area contributed by atoms with Crippen molar-refractivity contribution >= 4 is 23.5 Å². The Labute approximate surface area is 124 Å². The van der Waals surface area contributed by atoms with Crippen LogP contribution in [0.1, 0.15) is 26.3 Å². The van der Waals surface area contributed by atoms with Gasteiger partial charge >= 0.3 is 5.97 Å². The summed E-state index contributed by atoms with van der Waals surface area (Å²) in [5.41, 5.74) is 0.641. The lowest BCUT2D eigenvalue weighted by Crippen LogP contribution is -2.23. The van der Waals surface area contributed by atoms with Crippen molar-refractivity contribution in [2.45, 2.75) is 6.54 Å². The number of aromatic nitrogens is 1. The van der Waals surface area contributed by atoms with Crippen LogP contribution in [0, 0.1) is 5.82 Å². The van der Waals surface area contributed by atoms with E-state index >= 15 is 0 Å². The van der Waals surface area contributed by atoms with Gasteiger partial charge in [-0.05, 0) is 23.8 Å². The van der Waals surface area contributed by atoms with Crippen molar-refractivity contribution in [3.05, 3.63) is 64.2 Å². The molecule has 21 heavy (non-hydrogen) atoms. The minimum atomic E-state index is -1.06. The van der Waals surface area contributed by atoms with E-state index in [1.807, 2.05) is 0 Å². The van der Waals surface area contributed by atoms with Crippen molar-refractivity contribution in [3.63, 3.8) is 0 Å². The van der Waals surface area contributed by atoms with Gasteiger partial charge in [-0.2, -0.15) is 0 Å². The third-order valence-electron chi connectivity index (χ3n) is 2.68. The highest BCUT2D eigenvalue weighted by atomic mass is 35.5. The Bertz CT molecular complexity index is 706. The second-order valence-electron chi connectivity index (χ2n) is 4.18. The molecular formula is C14H10ClFN2O3. The topological polar surface area (TPSA) is 79.3 Å². The number of carbonyl (C=O) groups excluding carboxylic acids is 1. The number of nitrogens with one attached hydrogen (secondary N) is 1. The van der Waals surface area contributed by atoms with Gasteiger partial charge in [-0.1, -0.05) is 23.7 Å². The zero-order valence-electron chi connectivity index (χ0n) is 10.6. The lowest BCUT2D eigenvalue weighted by Gasteiger charge is -2.07. The molecule has 2 N–H and O–H groups in total. The molecule has 2 aromatic rings. The molecule has 0 aliphatic carbocycles. The number of rotatable bonds is 4. The van der Waals surface area contributed by atoms with Crippen molar-refractivity contribution in [2.75, 3.05) is 0 Å². The van der Waals surface area contributed by atoms with Crippen LogP contribution in [-0.4, -0.2) is 22.0 Å². The van der Waals surface area contributed by atoms with E-state index in [0.717, 1.165) is 12.3 Å². The normalized spacial score (nSPS) is 10.2. The maximum absolute atomic E-state index is 13.0. The monoisotopic (exact) mass is 308 g/mol. The van der Waals surface area contributed by atoms with Crippen LogP contribution in [0.5, 0.6) is 0 Å². The second-order valence-corrected chi connectivity index (χ2v) is 4.54. The fourth-order valence-electron chi connectivity index (χ4n) is 1.67. The molecule has 2 rings (SSSR count). The number of carbonyl (C=O) groups is 2. The van der Waals surface area contributed by atoms with E-state index in [9.17, 15) is 14.0 Å². The Kier molecular flexibility index (Phi) is 4.49. The summed E-state index contributed by atoms with van der Waals surface area (Å²) in [5, 5.41) is 11.3. The first-order chi connectivity index (χ1) is 9.97. The molecule has 0 aliphatic heterocycles. The Morgan fingerprint density at radius 1 is 1.33 bits per heavy atom. The predicted octanol–water partition coefficient (Wildman–Crippen LogP) is 2.50. The molecule has 5 nitrogen and oxygen atoms in total. The first-order valence-corrected chi connectivity index (χ1v) is 6.26. The average Bonchev–Trinajstić information content (AvgIpc) is 2.47. The molecule has 108 valence electrons. The van der Waals surface area contributed by atoms with E-state index in [2.05, 4.69) is 10.3 Å². The van der Waals surface area contributed by atoms with Gasteiger partial charge in [0.05, 0.1) is 17.3 Å². The van der Waals surface area contributed by atoms with Gasteiger partial charge in [-0.3, -0.25) is 4.79 Å². The molecule has 1 amide bonds. The molecule has 7 heteroatoms. The molecule has 1 heterocycles. The SMILES string of the molecule is O=C(O)c1cccc(CNC(=O)c2cc(F)cnc2Cl)c1. The van der Waals surface area contributed by atoms with Gasteiger partial charge in [0.2, 0.25) is 0 Å². The largest absolute Gasteiger partial charge is 0.478 e. The van der Waals surface area contributed by atoms with Crippen molar-refractivity contribution in [1.29, 1.82) is 0 Å². The molecular weight excluding hydrogens is 299 g/mol. The summed E-state index contributed by atoms with van der Waals surface area (Å²) in [6, 6.07) is 7.10. The number of carboxylic acid groups (broad SMARTS) is 1. The Morgan fingerprint density at radius 3 is 2.81 bits per heavy atom. The van der Waals surface area contributed by atoms with Crippen LogP contribution >= 0.6 is 11.6 Å². The van der Waals surface area contributed by atoms with Gasteiger partial charge < -0.3 is 10.4 Å². The summed E-state index contributed by atoms with van der Waals surface area (Å²) in [6.07, 6.45) is 0.912. The summed E-state index contributed by atoms with van der Waals surface area (Å²) >= 11 is 5.72. The van der Waals surface area contributed by atoms with Gasteiger partial charge in [-0.15, -0.1) is 0 Å². The van der Waals surface area contributed by atoms with E-state index < -0.39 is 17.7 Å². The van der Waals surface area contributed by atoms with E-state index in [1.54, 1.807) is 12.1 Å². The van der Waals surface area contributed by atoms with E-state index in [0.29, 0.717) is 5.56 Å². The van der Waals surface area contributed by atoms with Gasteiger partial charge in [0.1, 0.15) is 11.0 Å². The van der Waals surface area contributed by atoms with Gasteiger partial charge in [-0.25, -0.2) is 14.2 Å². The van der Waals surface area contributed by atoms with Gasteiger partial charge in [0.25, 0.3) is 5.91 Å². The standard InChI is InChI=1S/C14H10ClFN2O3/c15-12-11(5-10(16)7-17-12)13(19)18-6-8-2-1-3-9(4-8)14(20)21/h1-5,7H,6H2,(H,18,19)(H,20,21). The number of pyridine rings is 1. The summed E-state index contributed by atoms with van der Waals surface area (Å²) < 4.78 is 13.0. The highest BCUT2D eigenvalue weighted by Gasteiger charge is 2.12. The molecule has 1 aromatic heterocycles. The quantitative estimate of drug-likeness (QED) is 0.851. The van der Waals surface area contributed by atoms with E-state index in [1.165, 1.54) is 12.1 Å². The fourth-order valence-corrected chi connectivity index (χ4v) is 1.86. The average molecular weight is 309 g/mol. The highest BCUT2D eigenvalue weighted by Crippen LogP contribution is 2.14. The van der Waals surface area contributed by atoms with Crippen molar-refractivity contribution < 1.29 is 19.1 Å². The third kappa shape index (κ3) is 3.76. The Hall–Kier alpha value is -2.47. The minimum Gasteiger partial charge on any atom is -0.478 e. The molecule has 0 aliphatic rings. The molecule has 0 unspecified atom stereocenters. The first-order valence-electron chi connectivity index (χ1n) is 5.89. The summed E-state index contributed by atoms with van der Waals surface area (Å²) in [7, 11) is 0. The molecule has 0 radical (unpaired) electrons. The molecule has 0 spiro atoms. The van der Waals surface area contributed by atoms with Crippen molar-refractivity contribution in [3.8, 4) is 0 Å². The lowest BCUT2D eigenvalue weighted by atomic mass is 10.1. The lowest BCUT2D eigenvalue weighted by molar-refractivity contribution is 0.0696. The Morgan fingerprint density at radius 2 is 2.10 bits per heavy atom.